The topological polar surface area (TPSA) is 50.0 Å². The lowest BCUT2D eigenvalue weighted by molar-refractivity contribution is 0.285. The second-order valence-corrected chi connectivity index (χ2v) is 34.9. The molecular formula is C75H130N10S10. The first-order chi connectivity index (χ1) is 43.8. The molecule has 540 valence electrons. The van der Waals surface area contributed by atoms with E-state index in [-0.39, 0.29) is 27.1 Å². The van der Waals surface area contributed by atoms with E-state index in [1.807, 2.05) is 0 Å². The largest absolute Gasteiger partial charge is 0.382 e. The van der Waals surface area contributed by atoms with E-state index in [1.54, 1.807) is 0 Å². The zero-order valence-electron chi connectivity index (χ0n) is 64.7. The number of hydrogen-bond donors (Lipinski definition) is 2. The molecule has 0 amide bonds. The monoisotopic (exact) mass is 1490 g/mol. The van der Waals surface area contributed by atoms with Crippen LogP contribution in [0.15, 0.2) is 0 Å². The van der Waals surface area contributed by atoms with Gasteiger partial charge in [-0.1, -0.05) is 281 Å². The normalized spacial score (nSPS) is 12.3. The van der Waals surface area contributed by atoms with Crippen molar-refractivity contribution < 1.29 is 0 Å². The Morgan fingerprint density at radius 3 is 0.789 bits per heavy atom. The first-order valence-electron chi connectivity index (χ1n) is 35.1. The number of nitrogens with one attached hydrogen (secondary N) is 2. The van der Waals surface area contributed by atoms with Crippen LogP contribution in [0.3, 0.4) is 0 Å². The molecule has 20 heteroatoms. The van der Waals surface area contributed by atoms with Gasteiger partial charge in [-0.05, 0) is 119 Å². The quantitative estimate of drug-likeness (QED) is 0.0402. The average Bonchev–Trinajstić information content (AvgIpc) is 0.791. The molecule has 0 fully saturated rings. The van der Waals surface area contributed by atoms with Gasteiger partial charge in [0.05, 0.1) is 73.5 Å². The van der Waals surface area contributed by atoms with E-state index in [2.05, 4.69) is 244 Å². The third kappa shape index (κ3) is 26.9. The smallest absolute Gasteiger partial charge is 0.0798 e. The molecule has 0 unspecified atom stereocenters. The van der Waals surface area contributed by atoms with Crippen LogP contribution in [0, 0.1) is 45.1 Å². The minimum absolute atomic E-state index is 0.0776. The highest BCUT2D eigenvalue weighted by Crippen LogP contribution is 2.42. The summed E-state index contributed by atoms with van der Waals surface area (Å²) >= 11 is 54.0. The molecule has 5 rings (SSSR count). The number of anilines is 5. The minimum atomic E-state index is 0.0776. The van der Waals surface area contributed by atoms with Crippen LogP contribution in [0.4, 0.5) is 28.4 Å². The molecule has 95 heavy (non-hydrogen) atoms. The van der Waals surface area contributed by atoms with Gasteiger partial charge in [-0.25, -0.2) is 0 Å². The molecule has 0 aromatic heterocycles. The molecular weight excluding hydrogens is 1360 g/mol. The maximum Gasteiger partial charge on any atom is 0.0798 e. The Kier molecular flexibility index (Phi) is 39.9. The summed E-state index contributed by atoms with van der Waals surface area (Å²) in [5.41, 5.74) is 12.4. The summed E-state index contributed by atoms with van der Waals surface area (Å²) in [6, 6.07) is 0. The van der Waals surface area contributed by atoms with Gasteiger partial charge in [0.2, 0.25) is 0 Å². The van der Waals surface area contributed by atoms with Crippen molar-refractivity contribution in [2.24, 2.45) is 0 Å². The van der Waals surface area contributed by atoms with Crippen molar-refractivity contribution in [1.29, 1.82) is 0 Å². The van der Waals surface area contributed by atoms with Crippen LogP contribution < -0.4 is 25.3 Å². The van der Waals surface area contributed by atoms with Crippen LogP contribution in [0.5, 0.6) is 0 Å². The summed E-state index contributed by atoms with van der Waals surface area (Å²) in [6.45, 7) is 69.8. The molecule has 0 heterocycles. The lowest BCUT2D eigenvalue weighted by Gasteiger charge is -2.33. The number of likely N-dealkylation sites (N-methyl/N-ethyl adjacent to an activating group) is 7. The van der Waals surface area contributed by atoms with E-state index >= 15 is 0 Å². The van der Waals surface area contributed by atoms with Gasteiger partial charge in [-0.15, -0.1) is 0 Å². The molecule has 0 aliphatic heterocycles. The summed E-state index contributed by atoms with van der Waals surface area (Å²) in [6.07, 6.45) is 4.81. The highest BCUT2D eigenvalue weighted by atomic mass is 32.1. The third-order valence-electron chi connectivity index (χ3n) is 17.3. The Labute approximate surface area is 632 Å². The van der Waals surface area contributed by atoms with Crippen molar-refractivity contribution in [2.45, 2.75) is 212 Å². The summed E-state index contributed by atoms with van der Waals surface area (Å²) in [7, 11) is 10.7. The van der Waals surface area contributed by atoms with Gasteiger partial charge in [-0.2, -0.15) is 0 Å². The lowest BCUT2D eigenvalue weighted by atomic mass is 9.83. The number of rotatable bonds is 32. The standard InChI is InChI=1S/C16H28N2S2.3C15H26N2S2.C14H24N2S2/c1-6-9-18(10-7-2)11-8-17-13-12(16(3,4)5)14(19)15(13)20;1-7-8-16(5)9-10-17(6)12-11(15(2,3)4)13(18)14(12)19;1-7-17(8-2)10-9-16(6)12-11(15(3,4)5)13(18)14(12)19;1-6-9-17(7-2)10-8-16-12-11(15(3,4)5)13(18)14(12)19;1-7-15(5)8-9-16(6)11-10(14(2,3)4)12(17)13(11)18/h17H,6-11H2,1-5H3;2*7-10H2,1-6H3;16H,6-10H2,1-5H3;7-9H2,1-6H3. The fourth-order valence-corrected chi connectivity index (χ4v) is 15.9. The molecule has 0 bridgehead atoms. The Morgan fingerprint density at radius 2 is 0.516 bits per heavy atom. The fourth-order valence-electron chi connectivity index (χ4n) is 11.7. The zero-order chi connectivity index (χ0) is 73.6. The molecule has 10 nitrogen and oxygen atoms in total. The van der Waals surface area contributed by atoms with Crippen LogP contribution in [-0.2, 0) is 27.1 Å². The summed E-state index contributed by atoms with van der Waals surface area (Å²) in [5, 5.41) is 7.00. The van der Waals surface area contributed by atoms with Gasteiger partial charge in [0, 0.05) is 114 Å². The molecule has 0 radical (unpaired) electrons. The maximum absolute atomic E-state index is 5.43. The Bertz CT molecular complexity index is 3500. The van der Waals surface area contributed by atoms with Crippen LogP contribution in [0.1, 0.15) is 213 Å². The van der Waals surface area contributed by atoms with Crippen molar-refractivity contribution >= 4 is 151 Å². The Hall–Kier alpha value is -1.60. The molecule has 0 saturated carbocycles. The molecule has 2 N–H and O–H groups in total. The Balaban J connectivity index is 0.000000594. The Morgan fingerprint density at radius 1 is 0.253 bits per heavy atom. The highest BCUT2D eigenvalue weighted by molar-refractivity contribution is 7.75. The lowest BCUT2D eigenvalue weighted by Crippen LogP contribution is -2.35. The summed E-state index contributed by atoms with van der Waals surface area (Å²) < 4.78 is 8.77. The SMILES string of the molecule is CCCN(C)CCN(C)c1c(C(C)(C)C)c(=S)c1=S.CCCN(CC)CCNc1c(C(C)(C)C)c(=S)c1=S.CCCN(CCC)CCNc1c(C(C)(C)C)c(=S)c1=S.CCN(C)CCN(C)c1c(C(C)(C)C)c(=S)c1=S.CCN(CC)CCN(C)c1c(C(C)(C)C)c(=S)c1=S. The fraction of sp³-hybridized carbons (Fsp3) is 0.733. The number of hydrogen-bond acceptors (Lipinski definition) is 20. The van der Waals surface area contributed by atoms with Crippen molar-refractivity contribution in [3.05, 3.63) is 72.9 Å². The van der Waals surface area contributed by atoms with Gasteiger partial charge in [0.15, 0.2) is 0 Å². The second kappa shape index (κ2) is 41.5. The van der Waals surface area contributed by atoms with E-state index in [0.29, 0.717) is 0 Å². The van der Waals surface area contributed by atoms with E-state index in [0.717, 1.165) is 161 Å². The zero-order valence-corrected chi connectivity index (χ0v) is 72.9. The van der Waals surface area contributed by atoms with E-state index in [1.165, 1.54) is 83.7 Å². The van der Waals surface area contributed by atoms with Gasteiger partial charge in [0.1, 0.15) is 0 Å². The van der Waals surface area contributed by atoms with Crippen LogP contribution in [-0.4, -0.2) is 178 Å². The predicted octanol–water partition coefficient (Wildman–Crippen LogP) is 21.2. The molecule has 0 aliphatic rings. The molecule has 0 aliphatic carbocycles. The minimum Gasteiger partial charge on any atom is -0.382 e. The van der Waals surface area contributed by atoms with E-state index in [4.69, 9.17) is 122 Å². The average molecular weight is 1490 g/mol. The summed E-state index contributed by atoms with van der Waals surface area (Å²) in [4.78, 5) is 18.8. The van der Waals surface area contributed by atoms with Crippen molar-refractivity contribution in [2.75, 3.05) is 178 Å². The van der Waals surface area contributed by atoms with Crippen molar-refractivity contribution in [1.82, 2.24) is 24.5 Å². The third-order valence-corrected chi connectivity index (χ3v) is 22.0. The predicted molar refractivity (Wildman–Crippen MR) is 451 cm³/mol. The summed E-state index contributed by atoms with van der Waals surface area (Å²) in [5.74, 6) is 0. The van der Waals surface area contributed by atoms with Crippen LogP contribution in [0.2, 0.25) is 0 Å². The van der Waals surface area contributed by atoms with Crippen LogP contribution in [0.25, 0.3) is 0 Å². The first kappa shape index (κ1) is 91.4. The molecule has 0 atom stereocenters. The molecule has 5 aromatic rings. The van der Waals surface area contributed by atoms with Gasteiger partial charge in [0.25, 0.3) is 0 Å². The van der Waals surface area contributed by atoms with Gasteiger partial charge < -0.3 is 49.8 Å². The van der Waals surface area contributed by atoms with E-state index < -0.39 is 0 Å². The second-order valence-electron chi connectivity index (χ2n) is 30.8. The maximum atomic E-state index is 5.43. The number of nitrogens with zero attached hydrogens (tertiary/aromatic N) is 8. The van der Waals surface area contributed by atoms with Gasteiger partial charge >= 0.3 is 0 Å². The first-order valence-corrected chi connectivity index (χ1v) is 39.2. The van der Waals surface area contributed by atoms with Crippen molar-refractivity contribution in [3.63, 3.8) is 0 Å². The molecule has 0 saturated heterocycles. The van der Waals surface area contributed by atoms with E-state index in [9.17, 15) is 0 Å². The van der Waals surface area contributed by atoms with Crippen LogP contribution >= 0.6 is 122 Å². The van der Waals surface area contributed by atoms with Gasteiger partial charge in [-0.3, -0.25) is 0 Å². The van der Waals surface area contributed by atoms with Crippen molar-refractivity contribution in [3.8, 4) is 0 Å². The molecule has 5 aromatic carbocycles. The highest BCUT2D eigenvalue weighted by Gasteiger charge is 2.32. The molecule has 0 spiro atoms.